The maximum absolute atomic E-state index is 12.7. The third-order valence-corrected chi connectivity index (χ3v) is 5.65. The number of nitrogens with zero attached hydrogens (tertiary/aromatic N) is 2. The van der Waals surface area contributed by atoms with Gasteiger partial charge in [0.2, 0.25) is 0 Å². The van der Waals surface area contributed by atoms with Crippen molar-refractivity contribution in [2.75, 3.05) is 0 Å². The van der Waals surface area contributed by atoms with Gasteiger partial charge in [0, 0.05) is 37.9 Å². The predicted octanol–water partition coefficient (Wildman–Crippen LogP) is 3.59. The molecule has 6 rings (SSSR count). The van der Waals surface area contributed by atoms with E-state index in [0.29, 0.717) is 43.0 Å². The van der Waals surface area contributed by atoms with Gasteiger partial charge in [-0.25, -0.2) is 9.98 Å². The zero-order chi connectivity index (χ0) is 18.4. The minimum Gasteiger partial charge on any atom is -0.369 e. The summed E-state index contributed by atoms with van der Waals surface area (Å²) in [5.41, 5.74) is 5.32. The molecule has 7 heteroatoms. The van der Waals surface area contributed by atoms with Crippen LogP contribution in [0.2, 0.25) is 10.0 Å². The van der Waals surface area contributed by atoms with Crippen molar-refractivity contribution in [1.82, 2.24) is 5.32 Å². The van der Waals surface area contributed by atoms with Crippen LogP contribution < -0.4 is 16.0 Å². The summed E-state index contributed by atoms with van der Waals surface area (Å²) in [5, 5.41) is 15.6. The van der Waals surface area contributed by atoms with Gasteiger partial charge in [0.1, 0.15) is 0 Å². The van der Waals surface area contributed by atoms with Crippen molar-refractivity contribution < 1.29 is 9.90 Å². The van der Waals surface area contributed by atoms with Gasteiger partial charge in [-0.2, -0.15) is 0 Å². The van der Waals surface area contributed by atoms with Crippen LogP contribution in [0.5, 0.6) is 0 Å². The van der Waals surface area contributed by atoms with E-state index in [0.717, 1.165) is 22.5 Å². The van der Waals surface area contributed by atoms with Crippen LogP contribution in [-0.2, 0) is 0 Å². The van der Waals surface area contributed by atoms with Crippen LogP contribution in [0, 0.1) is 0 Å². The van der Waals surface area contributed by atoms with Crippen LogP contribution >= 0.6 is 23.2 Å². The summed E-state index contributed by atoms with van der Waals surface area (Å²) in [5.74, 6) is -0.338. The van der Waals surface area contributed by atoms with Crippen LogP contribution in [0.25, 0.3) is 22.3 Å². The highest BCUT2D eigenvalue weighted by Crippen LogP contribution is 2.45. The highest BCUT2D eigenvalue weighted by atomic mass is 35.5. The molecule has 1 amide bonds. The number of aliphatic hydroxyl groups excluding tert-OH is 1. The van der Waals surface area contributed by atoms with E-state index in [1.807, 2.05) is 12.1 Å². The predicted molar refractivity (Wildman–Crippen MR) is 101 cm³/mol. The average molecular weight is 394 g/mol. The van der Waals surface area contributed by atoms with Crippen molar-refractivity contribution in [2.45, 2.75) is 6.23 Å². The molecule has 0 aromatic heterocycles. The topological polar surface area (TPSA) is 74.0 Å². The lowest BCUT2D eigenvalue weighted by Gasteiger charge is -2.11. The second kappa shape index (κ2) is 4.95. The van der Waals surface area contributed by atoms with Crippen molar-refractivity contribution >= 4 is 40.5 Å². The Morgan fingerprint density at radius 3 is 2.04 bits per heavy atom. The standard InChI is InChI=1S/C20H9Cl2N3O2/c21-7-1-3-11-9(5-7)13-15-16(20(27)25-19(15)26)14-10-6-8(22)2-4-12(10)24-18(14)17(13)23-11/h1-6,19,26H,(H,25,27)/t19-/m0/s1. The quantitative estimate of drug-likeness (QED) is 0.421. The van der Waals surface area contributed by atoms with E-state index in [1.165, 1.54) is 0 Å². The molecule has 0 saturated carbocycles. The summed E-state index contributed by atoms with van der Waals surface area (Å²) in [6, 6.07) is 10.8. The molecule has 0 fully saturated rings. The van der Waals surface area contributed by atoms with Gasteiger partial charge in [-0.3, -0.25) is 4.79 Å². The number of amides is 1. The Morgan fingerprint density at radius 2 is 1.41 bits per heavy atom. The number of nitrogens with one attached hydrogen (secondary N) is 1. The Morgan fingerprint density at radius 1 is 0.852 bits per heavy atom. The van der Waals surface area contributed by atoms with Crippen molar-refractivity contribution in [2.24, 2.45) is 9.98 Å². The smallest absolute Gasteiger partial charge is 0.254 e. The average Bonchev–Trinajstić information content (AvgIpc) is 3.26. The fourth-order valence-electron chi connectivity index (χ4n) is 4.13. The summed E-state index contributed by atoms with van der Waals surface area (Å²) in [6.45, 7) is 0. The highest BCUT2D eigenvalue weighted by molar-refractivity contribution is 6.31. The number of carbonyl (C=O) groups excluding carboxylic acids is 1. The number of benzene rings is 3. The monoisotopic (exact) mass is 393 g/mol. The summed E-state index contributed by atoms with van der Waals surface area (Å²) in [4.78, 5) is 22.2. The third kappa shape index (κ3) is 1.86. The number of aliphatic hydroxyl groups is 1. The molecule has 3 aliphatic rings. The first kappa shape index (κ1) is 15.3. The van der Waals surface area contributed by atoms with E-state index in [-0.39, 0.29) is 5.91 Å². The fourth-order valence-corrected chi connectivity index (χ4v) is 4.47. The van der Waals surface area contributed by atoms with Crippen LogP contribution in [0.4, 0.5) is 11.4 Å². The van der Waals surface area contributed by atoms with Gasteiger partial charge in [-0.15, -0.1) is 0 Å². The molecule has 0 spiro atoms. The van der Waals surface area contributed by atoms with Crippen LogP contribution in [0.1, 0.15) is 22.1 Å². The van der Waals surface area contributed by atoms with Gasteiger partial charge < -0.3 is 10.4 Å². The van der Waals surface area contributed by atoms with Crippen LogP contribution in [0.3, 0.4) is 0 Å². The third-order valence-electron chi connectivity index (χ3n) is 5.18. The summed E-state index contributed by atoms with van der Waals surface area (Å²) in [6.07, 6.45) is -1.12. The molecule has 1 atom stereocenters. The molecular weight excluding hydrogens is 385 g/mol. The number of rotatable bonds is 0. The molecule has 3 aliphatic heterocycles. The molecule has 27 heavy (non-hydrogen) atoms. The van der Waals surface area contributed by atoms with Gasteiger partial charge in [-0.05, 0) is 36.4 Å². The number of hydrogen-bond donors (Lipinski definition) is 2. The summed E-state index contributed by atoms with van der Waals surface area (Å²) < 4.78 is 0. The number of carbonyl (C=O) groups is 1. The van der Waals surface area contributed by atoms with Gasteiger partial charge in [0.25, 0.3) is 5.91 Å². The molecular formula is C20H9Cl2N3O2. The Bertz CT molecular complexity index is 1360. The maximum atomic E-state index is 12.7. The Balaban J connectivity index is 1.85. The summed E-state index contributed by atoms with van der Waals surface area (Å²) >= 11 is 12.4. The molecule has 0 bridgehead atoms. The van der Waals surface area contributed by atoms with E-state index in [1.54, 1.807) is 24.3 Å². The lowest BCUT2D eigenvalue weighted by atomic mass is 9.90. The minimum atomic E-state index is -1.12. The molecule has 0 radical (unpaired) electrons. The van der Waals surface area contributed by atoms with Gasteiger partial charge in [0.15, 0.2) is 6.23 Å². The second-order valence-electron chi connectivity index (χ2n) is 6.66. The second-order valence-corrected chi connectivity index (χ2v) is 7.53. The molecule has 3 heterocycles. The molecule has 5 nitrogen and oxygen atoms in total. The molecule has 2 N–H and O–H groups in total. The molecule has 130 valence electrons. The largest absolute Gasteiger partial charge is 0.369 e. The first-order valence-corrected chi connectivity index (χ1v) is 9.04. The van der Waals surface area contributed by atoms with E-state index in [9.17, 15) is 9.90 Å². The molecule has 0 unspecified atom stereocenters. The van der Waals surface area contributed by atoms with E-state index >= 15 is 0 Å². The summed E-state index contributed by atoms with van der Waals surface area (Å²) in [7, 11) is 0. The molecule has 3 aromatic rings. The van der Waals surface area contributed by atoms with Crippen molar-refractivity contribution in [1.29, 1.82) is 0 Å². The van der Waals surface area contributed by atoms with Crippen molar-refractivity contribution in [3.05, 3.63) is 68.3 Å². The van der Waals surface area contributed by atoms with Crippen molar-refractivity contribution in [3.63, 3.8) is 0 Å². The highest BCUT2D eigenvalue weighted by Gasteiger charge is 2.39. The Kier molecular flexibility index (Phi) is 2.81. The van der Waals surface area contributed by atoms with E-state index in [4.69, 9.17) is 33.2 Å². The van der Waals surface area contributed by atoms with Gasteiger partial charge in [0.05, 0.1) is 27.7 Å². The van der Waals surface area contributed by atoms with Gasteiger partial charge in [-0.1, -0.05) is 23.2 Å². The minimum absolute atomic E-state index is 0.338. The lowest BCUT2D eigenvalue weighted by Crippen LogP contribution is -2.29. The number of fused-ring (bicyclic) bond motifs is 10. The van der Waals surface area contributed by atoms with E-state index < -0.39 is 6.23 Å². The SMILES string of the molecule is O=C1N[C@@H](O)c2c1c1c(c3c2-c2cc(Cl)ccc2N=3)=Nc2ccc(Cl)cc2-1. The van der Waals surface area contributed by atoms with Gasteiger partial charge >= 0.3 is 0 Å². The normalized spacial score (nSPS) is 17.3. The maximum Gasteiger partial charge on any atom is 0.254 e. The first-order chi connectivity index (χ1) is 13.0. The lowest BCUT2D eigenvalue weighted by molar-refractivity contribution is 0.0851. The van der Waals surface area contributed by atoms with Crippen LogP contribution in [0.15, 0.2) is 46.4 Å². The zero-order valence-electron chi connectivity index (χ0n) is 13.5. The Labute approximate surface area is 162 Å². The zero-order valence-corrected chi connectivity index (χ0v) is 15.1. The molecule has 0 aliphatic carbocycles. The Hall–Kier alpha value is -2.73. The van der Waals surface area contributed by atoms with E-state index in [2.05, 4.69) is 5.32 Å². The number of hydrogen-bond acceptors (Lipinski definition) is 4. The molecule has 0 saturated heterocycles. The van der Waals surface area contributed by atoms with Crippen molar-refractivity contribution in [3.8, 4) is 22.3 Å². The molecule has 3 aromatic carbocycles. The fraction of sp³-hybridized carbons (Fsp3) is 0.0500. The van der Waals surface area contributed by atoms with Crippen LogP contribution in [-0.4, -0.2) is 11.0 Å². The first-order valence-electron chi connectivity index (χ1n) is 8.29. The number of halogens is 2.